The Balaban J connectivity index is 1.06. The predicted octanol–water partition coefficient (Wildman–Crippen LogP) is 1.89. The van der Waals surface area contributed by atoms with Gasteiger partial charge in [-0.3, -0.25) is 9.59 Å². The van der Waals surface area contributed by atoms with Crippen LogP contribution in [0.15, 0.2) is 41.3 Å². The largest absolute Gasteiger partial charge is 0.466 e. The van der Waals surface area contributed by atoms with E-state index in [2.05, 4.69) is 15.6 Å². The summed E-state index contributed by atoms with van der Waals surface area (Å²) in [5.41, 5.74) is 2.57. The zero-order valence-corrected chi connectivity index (χ0v) is 18.3. The Morgan fingerprint density at radius 1 is 1.18 bits per heavy atom. The van der Waals surface area contributed by atoms with E-state index in [0.29, 0.717) is 55.4 Å². The highest BCUT2D eigenvalue weighted by Gasteiger charge is 2.33. The van der Waals surface area contributed by atoms with Crippen LogP contribution in [0, 0.1) is 5.82 Å². The van der Waals surface area contributed by atoms with Crippen molar-refractivity contribution >= 4 is 22.5 Å². The highest BCUT2D eigenvalue weighted by molar-refractivity contribution is 5.94. The number of halogens is 1. The summed E-state index contributed by atoms with van der Waals surface area (Å²) >= 11 is 0. The quantitative estimate of drug-likeness (QED) is 0.592. The van der Waals surface area contributed by atoms with Crippen molar-refractivity contribution in [3.05, 3.63) is 63.8 Å². The molecule has 0 spiro atoms. The average molecular weight is 466 g/mol. The molecule has 2 N–H and O–H groups in total. The van der Waals surface area contributed by atoms with Crippen LogP contribution in [0.25, 0.3) is 10.9 Å². The van der Waals surface area contributed by atoms with Gasteiger partial charge in [-0.25, -0.2) is 9.37 Å². The first-order valence-corrected chi connectivity index (χ1v) is 11.3. The van der Waals surface area contributed by atoms with Gasteiger partial charge in [-0.05, 0) is 35.2 Å². The first kappa shape index (κ1) is 21.2. The third kappa shape index (κ3) is 3.83. The number of rotatable bonds is 5. The number of aromatic nitrogens is 2. The average Bonchev–Trinajstić information content (AvgIpc) is 3.23. The Morgan fingerprint density at radius 2 is 2.00 bits per heavy atom. The van der Waals surface area contributed by atoms with Gasteiger partial charge in [-0.1, -0.05) is 0 Å². The van der Waals surface area contributed by atoms with Crippen molar-refractivity contribution in [1.82, 2.24) is 14.9 Å². The smallest absolute Gasteiger partial charge is 0.262 e. The van der Waals surface area contributed by atoms with E-state index in [-0.39, 0.29) is 35.9 Å². The molecule has 0 saturated carbocycles. The van der Waals surface area contributed by atoms with Gasteiger partial charge in [0.15, 0.2) is 12.9 Å². The first-order valence-electron chi connectivity index (χ1n) is 11.3. The lowest BCUT2D eigenvalue weighted by molar-refractivity contribution is -0.194. The van der Waals surface area contributed by atoms with Crippen LogP contribution in [-0.2, 0) is 27.4 Å². The van der Waals surface area contributed by atoms with Gasteiger partial charge in [0.05, 0.1) is 24.8 Å². The number of carbonyl (C=O) groups is 1. The molecule has 1 atom stereocenters. The topological polar surface area (TPSA) is 104 Å². The minimum absolute atomic E-state index is 0.0262. The van der Waals surface area contributed by atoms with Crippen molar-refractivity contribution in [2.75, 3.05) is 25.1 Å². The molecule has 0 aliphatic carbocycles. The van der Waals surface area contributed by atoms with Gasteiger partial charge in [0.25, 0.3) is 11.5 Å². The molecule has 2 aromatic heterocycles. The van der Waals surface area contributed by atoms with Crippen molar-refractivity contribution in [2.45, 2.75) is 37.8 Å². The fraction of sp³-hybridized carbons (Fsp3) is 0.375. The van der Waals surface area contributed by atoms with Crippen molar-refractivity contribution in [3.63, 3.8) is 0 Å². The molecular formula is C24H23FN4O5. The highest BCUT2D eigenvalue weighted by Crippen LogP contribution is 2.38. The summed E-state index contributed by atoms with van der Waals surface area (Å²) in [6, 6.07) is 8.23. The lowest BCUT2D eigenvalue weighted by Gasteiger charge is -2.31. The monoisotopic (exact) mass is 466 g/mol. The molecule has 1 fully saturated rings. The van der Waals surface area contributed by atoms with E-state index in [1.54, 1.807) is 22.9 Å². The van der Waals surface area contributed by atoms with Crippen molar-refractivity contribution in [3.8, 4) is 5.88 Å². The molecule has 1 aromatic carbocycles. The maximum Gasteiger partial charge on any atom is 0.262 e. The Hall–Kier alpha value is -3.34. The van der Waals surface area contributed by atoms with Gasteiger partial charge in [-0.15, -0.1) is 0 Å². The van der Waals surface area contributed by atoms with Gasteiger partial charge >= 0.3 is 0 Å². The minimum atomic E-state index is -0.472. The Morgan fingerprint density at radius 3 is 2.85 bits per heavy atom. The summed E-state index contributed by atoms with van der Waals surface area (Å²) in [7, 11) is 0. The van der Waals surface area contributed by atoms with Gasteiger partial charge in [0.1, 0.15) is 11.5 Å². The zero-order chi connectivity index (χ0) is 23.2. The number of benzene rings is 1. The molecule has 3 aliphatic rings. The lowest BCUT2D eigenvalue weighted by Crippen LogP contribution is -2.44. The van der Waals surface area contributed by atoms with Gasteiger partial charge in [-0.2, -0.15) is 0 Å². The standard InChI is InChI=1S/C24H23FN4O5/c25-17-3-1-14-2-4-20(31)29-9-15(22(17)23(14)29)6-21-32-10-16(11-33-21)26-7-13-5-18-24(27-8-13)34-12-19(30)28-18/h1-5,8,15-16,21,26H,6-7,9-12H2,(H,28,30). The Bertz CT molecular complexity index is 1330. The molecule has 1 amide bonds. The number of nitrogens with zero attached hydrogens (tertiary/aromatic N) is 2. The molecule has 34 heavy (non-hydrogen) atoms. The molecule has 6 rings (SSSR count). The molecule has 3 aliphatic heterocycles. The molecule has 10 heteroatoms. The van der Waals surface area contributed by atoms with E-state index in [0.717, 1.165) is 10.9 Å². The molecule has 1 saturated heterocycles. The van der Waals surface area contributed by atoms with E-state index in [1.807, 2.05) is 6.07 Å². The lowest BCUT2D eigenvalue weighted by atomic mass is 9.95. The van der Waals surface area contributed by atoms with E-state index < -0.39 is 6.29 Å². The normalized spacial score (nSPS) is 23.4. The second-order valence-electron chi connectivity index (χ2n) is 8.82. The molecule has 3 aromatic rings. The van der Waals surface area contributed by atoms with Crippen LogP contribution in [0.4, 0.5) is 10.1 Å². The number of carbonyl (C=O) groups excluding carboxylic acids is 1. The van der Waals surface area contributed by atoms with Gasteiger partial charge < -0.3 is 29.4 Å². The minimum Gasteiger partial charge on any atom is -0.466 e. The van der Waals surface area contributed by atoms with Crippen LogP contribution < -0.4 is 20.9 Å². The van der Waals surface area contributed by atoms with Crippen LogP contribution in [0.3, 0.4) is 0 Å². The fourth-order valence-corrected chi connectivity index (χ4v) is 4.88. The number of hydrogen-bond acceptors (Lipinski definition) is 7. The number of pyridine rings is 2. The first-order chi connectivity index (χ1) is 16.5. The van der Waals surface area contributed by atoms with Crippen LogP contribution >= 0.6 is 0 Å². The van der Waals surface area contributed by atoms with Crippen LogP contribution in [-0.4, -0.2) is 47.6 Å². The summed E-state index contributed by atoms with van der Waals surface area (Å²) in [5.74, 6) is -0.276. The molecule has 9 nitrogen and oxygen atoms in total. The second kappa shape index (κ2) is 8.46. The summed E-state index contributed by atoms with van der Waals surface area (Å²) < 4.78 is 33.5. The maximum absolute atomic E-state index is 14.7. The third-order valence-corrected chi connectivity index (χ3v) is 6.51. The maximum atomic E-state index is 14.7. The third-order valence-electron chi connectivity index (χ3n) is 6.51. The summed E-state index contributed by atoms with van der Waals surface area (Å²) in [5, 5.41) is 6.97. The number of nitrogens with one attached hydrogen (secondary N) is 2. The number of ether oxygens (including phenoxy) is 3. The van der Waals surface area contributed by atoms with Crippen molar-refractivity contribution in [1.29, 1.82) is 0 Å². The SMILES string of the molecule is O=C1COc2ncc(CNC3COC(CC4Cn5c(=O)ccc6ccc(F)c4c65)OC3)cc2N1. The number of anilines is 1. The molecule has 176 valence electrons. The molecular weight excluding hydrogens is 443 g/mol. The summed E-state index contributed by atoms with van der Waals surface area (Å²) in [6.07, 6.45) is 1.70. The van der Waals surface area contributed by atoms with E-state index in [1.165, 1.54) is 12.1 Å². The summed E-state index contributed by atoms with van der Waals surface area (Å²) in [4.78, 5) is 28.0. The van der Waals surface area contributed by atoms with E-state index in [9.17, 15) is 14.0 Å². The zero-order valence-electron chi connectivity index (χ0n) is 18.3. The predicted molar refractivity (Wildman–Crippen MR) is 120 cm³/mol. The molecule has 5 heterocycles. The van der Waals surface area contributed by atoms with E-state index >= 15 is 0 Å². The van der Waals surface area contributed by atoms with Crippen molar-refractivity contribution in [2.24, 2.45) is 0 Å². The number of hydrogen-bond donors (Lipinski definition) is 2. The summed E-state index contributed by atoms with van der Waals surface area (Å²) in [6.45, 7) is 1.79. The Labute approximate surface area is 193 Å². The molecule has 0 bridgehead atoms. The van der Waals surface area contributed by atoms with E-state index in [4.69, 9.17) is 14.2 Å². The van der Waals surface area contributed by atoms with Crippen LogP contribution in [0.2, 0.25) is 0 Å². The number of fused-ring (bicyclic) bond motifs is 1. The fourth-order valence-electron chi connectivity index (χ4n) is 4.88. The second-order valence-corrected chi connectivity index (χ2v) is 8.82. The van der Waals surface area contributed by atoms with Gasteiger partial charge in [0, 0.05) is 43.3 Å². The van der Waals surface area contributed by atoms with Crippen molar-refractivity contribution < 1.29 is 23.4 Å². The van der Waals surface area contributed by atoms with Crippen LogP contribution in [0.1, 0.15) is 23.5 Å². The van der Waals surface area contributed by atoms with Crippen LogP contribution in [0.5, 0.6) is 5.88 Å². The molecule has 1 unspecified atom stereocenters. The Kier molecular flexibility index (Phi) is 5.28. The molecule has 0 radical (unpaired) electrons. The number of amides is 1. The van der Waals surface area contributed by atoms with Gasteiger partial charge in [0.2, 0.25) is 5.88 Å². The highest BCUT2D eigenvalue weighted by atomic mass is 19.1.